The first-order valence-corrected chi connectivity index (χ1v) is 5.57. The van der Waals surface area contributed by atoms with Crippen LogP contribution in [0.1, 0.15) is 16.1 Å². The van der Waals surface area contributed by atoms with Gasteiger partial charge in [-0.3, -0.25) is 4.79 Å². The molecule has 0 fully saturated rings. The van der Waals surface area contributed by atoms with Crippen LogP contribution in [-0.4, -0.2) is 11.3 Å². The van der Waals surface area contributed by atoms with Crippen LogP contribution < -0.4 is 0 Å². The second-order valence-electron chi connectivity index (χ2n) is 3.26. The molecule has 2 aromatic rings. The zero-order valence-electron chi connectivity index (χ0n) is 8.77. The van der Waals surface area contributed by atoms with Gasteiger partial charge < -0.3 is 4.42 Å². The van der Waals surface area contributed by atoms with Gasteiger partial charge in [0.15, 0.2) is 17.1 Å². The quantitative estimate of drug-likeness (QED) is 0.800. The monoisotopic (exact) mass is 273 g/mol. The lowest BCUT2D eigenvalue weighted by molar-refractivity contribution is -0.137. The van der Waals surface area contributed by atoms with Gasteiger partial charge in [0.2, 0.25) is 0 Å². The van der Waals surface area contributed by atoms with Crippen LogP contribution in [0.4, 0.5) is 13.2 Å². The third kappa shape index (κ3) is 2.92. The van der Waals surface area contributed by atoms with E-state index in [1.165, 1.54) is 12.1 Å². The Morgan fingerprint density at radius 2 is 2.00 bits per heavy atom. The van der Waals surface area contributed by atoms with E-state index in [2.05, 4.69) is 4.98 Å². The molecule has 7 heteroatoms. The van der Waals surface area contributed by atoms with E-state index in [-0.39, 0.29) is 5.76 Å². The van der Waals surface area contributed by atoms with Gasteiger partial charge in [0.05, 0.1) is 5.56 Å². The predicted octanol–water partition coefficient (Wildman–Crippen LogP) is 3.66. The fourth-order valence-electron chi connectivity index (χ4n) is 1.16. The molecule has 2 heterocycles. The van der Waals surface area contributed by atoms with Crippen molar-refractivity contribution in [2.75, 3.05) is 0 Å². The molecule has 94 valence electrons. The van der Waals surface area contributed by atoms with Crippen molar-refractivity contribution < 1.29 is 22.4 Å². The first-order valence-electron chi connectivity index (χ1n) is 4.75. The highest BCUT2D eigenvalue weighted by Gasteiger charge is 2.30. The smallest absolute Gasteiger partial charge is 0.417 e. The Morgan fingerprint density at radius 1 is 1.22 bits per heavy atom. The van der Waals surface area contributed by atoms with Crippen molar-refractivity contribution in [3.63, 3.8) is 0 Å². The maximum atomic E-state index is 12.3. The zero-order chi connectivity index (χ0) is 13.2. The van der Waals surface area contributed by atoms with Gasteiger partial charge in [-0.25, -0.2) is 4.98 Å². The number of carbonyl (C=O) groups is 1. The van der Waals surface area contributed by atoms with E-state index < -0.39 is 11.7 Å². The second kappa shape index (κ2) is 4.85. The molecule has 2 rings (SSSR count). The number of furan rings is 1. The molecule has 2 aromatic heterocycles. The molecule has 0 spiro atoms. The topological polar surface area (TPSA) is 43.1 Å². The number of hydrogen-bond acceptors (Lipinski definition) is 4. The van der Waals surface area contributed by atoms with E-state index in [4.69, 9.17) is 4.42 Å². The van der Waals surface area contributed by atoms with E-state index in [9.17, 15) is 18.0 Å². The predicted molar refractivity (Wildman–Crippen MR) is 57.5 cm³/mol. The average Bonchev–Trinajstić information content (AvgIpc) is 2.76. The maximum absolute atomic E-state index is 12.3. The van der Waals surface area contributed by atoms with Crippen LogP contribution in [0.2, 0.25) is 0 Å². The van der Waals surface area contributed by atoms with Gasteiger partial charge in [-0.2, -0.15) is 13.2 Å². The minimum Gasteiger partial charge on any atom is -0.447 e. The highest BCUT2D eigenvalue weighted by molar-refractivity contribution is 7.99. The number of nitrogens with zero attached hydrogens (tertiary/aromatic N) is 1. The van der Waals surface area contributed by atoms with Gasteiger partial charge in [0.25, 0.3) is 0 Å². The van der Waals surface area contributed by atoms with E-state index in [1.54, 1.807) is 6.07 Å². The van der Waals surface area contributed by atoms with Crippen LogP contribution in [0.25, 0.3) is 0 Å². The van der Waals surface area contributed by atoms with Gasteiger partial charge in [-0.1, -0.05) is 0 Å². The summed E-state index contributed by atoms with van der Waals surface area (Å²) in [5.74, 6) is 0.157. The molecule has 0 saturated carbocycles. The minimum atomic E-state index is -4.40. The zero-order valence-corrected chi connectivity index (χ0v) is 9.59. The van der Waals surface area contributed by atoms with Gasteiger partial charge in [-0.15, -0.1) is 0 Å². The summed E-state index contributed by atoms with van der Waals surface area (Å²) in [5.41, 5.74) is -0.806. The number of hydrogen-bond donors (Lipinski definition) is 0. The Morgan fingerprint density at radius 3 is 2.50 bits per heavy atom. The molecule has 0 radical (unpaired) electrons. The SMILES string of the molecule is O=Cc1ccc(Sc2ccc(C(F)(F)F)cn2)o1. The van der Waals surface area contributed by atoms with Crippen molar-refractivity contribution in [3.05, 3.63) is 41.8 Å². The lowest BCUT2D eigenvalue weighted by Gasteiger charge is -2.05. The number of alkyl halides is 3. The number of halogens is 3. The van der Waals surface area contributed by atoms with Crippen molar-refractivity contribution in [3.8, 4) is 0 Å². The highest BCUT2D eigenvalue weighted by Crippen LogP contribution is 2.31. The largest absolute Gasteiger partial charge is 0.447 e. The summed E-state index contributed by atoms with van der Waals surface area (Å²) in [4.78, 5) is 14.1. The summed E-state index contributed by atoms with van der Waals surface area (Å²) in [6.45, 7) is 0. The van der Waals surface area contributed by atoms with Crippen molar-refractivity contribution >= 4 is 18.0 Å². The van der Waals surface area contributed by atoms with Crippen LogP contribution in [0, 0.1) is 0 Å². The summed E-state index contributed by atoms with van der Waals surface area (Å²) >= 11 is 1.04. The Balaban J connectivity index is 2.13. The molecule has 0 N–H and O–H groups in total. The molecule has 0 atom stereocenters. The van der Waals surface area contributed by atoms with E-state index in [0.29, 0.717) is 16.4 Å². The van der Waals surface area contributed by atoms with Crippen LogP contribution in [-0.2, 0) is 6.18 Å². The van der Waals surface area contributed by atoms with E-state index >= 15 is 0 Å². The summed E-state index contributed by atoms with van der Waals surface area (Å²) < 4.78 is 41.9. The Labute approximate surface area is 104 Å². The molecule has 18 heavy (non-hydrogen) atoms. The van der Waals surface area contributed by atoms with Gasteiger partial charge in [-0.05, 0) is 36.0 Å². The van der Waals surface area contributed by atoms with E-state index in [0.717, 1.165) is 24.0 Å². The third-order valence-corrected chi connectivity index (χ3v) is 2.86. The number of aldehydes is 1. The molecular weight excluding hydrogens is 267 g/mol. The summed E-state index contributed by atoms with van der Waals surface area (Å²) in [6.07, 6.45) is -3.10. The number of rotatable bonds is 3. The molecule has 0 aliphatic carbocycles. The first-order chi connectivity index (χ1) is 8.49. The first kappa shape index (κ1) is 12.7. The molecule has 0 amide bonds. The Bertz CT molecular complexity index is 548. The average molecular weight is 273 g/mol. The molecular formula is C11H6F3NO2S. The summed E-state index contributed by atoms with van der Waals surface area (Å²) in [7, 11) is 0. The summed E-state index contributed by atoms with van der Waals surface area (Å²) in [6, 6.07) is 5.21. The molecule has 0 unspecified atom stereocenters. The van der Waals surface area contributed by atoms with Gasteiger partial charge in [0.1, 0.15) is 5.03 Å². The fraction of sp³-hybridized carbons (Fsp3) is 0.0909. The lowest BCUT2D eigenvalue weighted by Crippen LogP contribution is -2.04. The number of pyridine rings is 1. The van der Waals surface area contributed by atoms with Crippen LogP contribution in [0.5, 0.6) is 0 Å². The lowest BCUT2D eigenvalue weighted by atomic mass is 10.3. The number of carbonyl (C=O) groups excluding carboxylic acids is 1. The molecule has 0 aliphatic heterocycles. The summed E-state index contributed by atoms with van der Waals surface area (Å²) in [5, 5.41) is 0.749. The normalized spacial score (nSPS) is 11.5. The Kier molecular flexibility index (Phi) is 3.42. The van der Waals surface area contributed by atoms with Gasteiger partial charge >= 0.3 is 6.18 Å². The van der Waals surface area contributed by atoms with Crippen LogP contribution in [0.3, 0.4) is 0 Å². The Hall–Kier alpha value is -1.76. The highest BCUT2D eigenvalue weighted by atomic mass is 32.2. The van der Waals surface area contributed by atoms with Crippen molar-refractivity contribution in [2.45, 2.75) is 16.3 Å². The van der Waals surface area contributed by atoms with Crippen LogP contribution in [0.15, 0.2) is 45.0 Å². The van der Waals surface area contributed by atoms with Crippen molar-refractivity contribution in [1.29, 1.82) is 0 Å². The third-order valence-electron chi connectivity index (χ3n) is 1.99. The molecule has 0 aromatic carbocycles. The van der Waals surface area contributed by atoms with Crippen molar-refractivity contribution in [2.24, 2.45) is 0 Å². The fourth-order valence-corrected chi connectivity index (χ4v) is 1.89. The van der Waals surface area contributed by atoms with Crippen LogP contribution >= 0.6 is 11.8 Å². The van der Waals surface area contributed by atoms with E-state index in [1.807, 2.05) is 0 Å². The number of aromatic nitrogens is 1. The minimum absolute atomic E-state index is 0.157. The molecule has 0 bridgehead atoms. The van der Waals surface area contributed by atoms with Crippen molar-refractivity contribution in [1.82, 2.24) is 4.98 Å². The molecule has 0 saturated heterocycles. The second-order valence-corrected chi connectivity index (χ2v) is 4.28. The standard InChI is InChI=1S/C11H6F3NO2S/c12-11(13,14)7-1-3-9(15-5-7)18-10-4-2-8(6-16)17-10/h1-6H. The molecule has 3 nitrogen and oxygen atoms in total. The molecule has 0 aliphatic rings. The maximum Gasteiger partial charge on any atom is 0.417 e. The van der Waals surface area contributed by atoms with Gasteiger partial charge in [0, 0.05) is 6.20 Å².